The number of methoxy groups -OCH3 is 1. The molecule has 1 saturated heterocycles. The van der Waals surface area contributed by atoms with E-state index >= 15 is 0 Å². The number of likely N-dealkylation sites (tertiary alicyclic amines) is 1. The minimum Gasteiger partial charge on any atom is -0.453 e. The predicted molar refractivity (Wildman–Crippen MR) is 76.9 cm³/mol. The van der Waals surface area contributed by atoms with E-state index in [-0.39, 0.29) is 5.91 Å². The predicted octanol–water partition coefficient (Wildman–Crippen LogP) is 2.27. The van der Waals surface area contributed by atoms with Crippen molar-refractivity contribution in [3.63, 3.8) is 0 Å². The van der Waals surface area contributed by atoms with Gasteiger partial charge in [0.05, 0.1) is 19.2 Å². The Balaban J connectivity index is 1.89. The van der Waals surface area contributed by atoms with Crippen molar-refractivity contribution in [3.05, 3.63) is 11.1 Å². The van der Waals surface area contributed by atoms with Crippen molar-refractivity contribution >= 4 is 28.5 Å². The van der Waals surface area contributed by atoms with Crippen LogP contribution in [-0.4, -0.2) is 42.1 Å². The van der Waals surface area contributed by atoms with Gasteiger partial charge in [0.25, 0.3) is 0 Å². The van der Waals surface area contributed by atoms with Gasteiger partial charge < -0.3 is 9.64 Å². The molecule has 2 rings (SSSR count). The van der Waals surface area contributed by atoms with Crippen molar-refractivity contribution in [2.75, 3.05) is 25.5 Å². The number of nitrogens with zero attached hydrogens (tertiary/aromatic N) is 2. The fraction of sp³-hybridized carbons (Fsp3) is 0.615. The molecule has 0 aromatic carbocycles. The SMILES string of the molecule is COC(=O)Nc1nc(CC(=O)N2CCCCCC2)cs1. The molecule has 0 radical (unpaired) electrons. The maximum Gasteiger partial charge on any atom is 0.413 e. The molecule has 1 fully saturated rings. The molecule has 1 aromatic rings. The first-order chi connectivity index (χ1) is 9.69. The first-order valence-corrected chi connectivity index (χ1v) is 7.64. The molecule has 0 spiro atoms. The molecule has 0 bridgehead atoms. The van der Waals surface area contributed by atoms with Crippen LogP contribution in [0, 0.1) is 0 Å². The van der Waals surface area contributed by atoms with Gasteiger partial charge in [0, 0.05) is 18.5 Å². The Morgan fingerprint density at radius 3 is 2.70 bits per heavy atom. The maximum atomic E-state index is 12.2. The summed E-state index contributed by atoms with van der Waals surface area (Å²) in [5.74, 6) is 0.113. The lowest BCUT2D eigenvalue weighted by Gasteiger charge is -2.19. The van der Waals surface area contributed by atoms with Crippen LogP contribution in [0.5, 0.6) is 0 Å². The summed E-state index contributed by atoms with van der Waals surface area (Å²) < 4.78 is 4.50. The summed E-state index contributed by atoms with van der Waals surface area (Å²) in [6.45, 7) is 1.69. The van der Waals surface area contributed by atoms with E-state index < -0.39 is 6.09 Å². The summed E-state index contributed by atoms with van der Waals surface area (Å²) in [6.07, 6.45) is 4.31. The minimum atomic E-state index is -0.551. The minimum absolute atomic E-state index is 0.113. The van der Waals surface area contributed by atoms with E-state index in [9.17, 15) is 9.59 Å². The van der Waals surface area contributed by atoms with Gasteiger partial charge in [-0.3, -0.25) is 10.1 Å². The van der Waals surface area contributed by atoms with Gasteiger partial charge in [-0.1, -0.05) is 12.8 Å². The first-order valence-electron chi connectivity index (χ1n) is 6.76. The fourth-order valence-electron chi connectivity index (χ4n) is 2.17. The highest BCUT2D eigenvalue weighted by Crippen LogP contribution is 2.17. The maximum absolute atomic E-state index is 12.2. The number of carbonyl (C=O) groups excluding carboxylic acids is 2. The van der Waals surface area contributed by atoms with E-state index in [2.05, 4.69) is 15.0 Å². The van der Waals surface area contributed by atoms with E-state index in [0.29, 0.717) is 17.2 Å². The van der Waals surface area contributed by atoms with Gasteiger partial charge in [0.15, 0.2) is 5.13 Å². The molecule has 2 heterocycles. The van der Waals surface area contributed by atoms with Crippen molar-refractivity contribution in [3.8, 4) is 0 Å². The van der Waals surface area contributed by atoms with Crippen molar-refractivity contribution in [1.82, 2.24) is 9.88 Å². The third kappa shape index (κ3) is 4.19. The van der Waals surface area contributed by atoms with Crippen LogP contribution >= 0.6 is 11.3 Å². The van der Waals surface area contributed by atoms with Crippen LogP contribution in [0.3, 0.4) is 0 Å². The normalized spacial score (nSPS) is 15.6. The Labute approximate surface area is 122 Å². The van der Waals surface area contributed by atoms with E-state index in [1.165, 1.54) is 31.3 Å². The van der Waals surface area contributed by atoms with Crippen LogP contribution < -0.4 is 5.32 Å². The number of nitrogens with one attached hydrogen (secondary N) is 1. The average Bonchev–Trinajstić information content (AvgIpc) is 2.71. The molecule has 0 atom stereocenters. The summed E-state index contributed by atoms with van der Waals surface area (Å²) in [4.78, 5) is 29.4. The van der Waals surface area contributed by atoms with Crippen LogP contribution in [0.4, 0.5) is 9.93 Å². The molecule has 0 unspecified atom stereocenters. The molecule has 1 aliphatic rings. The lowest BCUT2D eigenvalue weighted by molar-refractivity contribution is -0.130. The molecule has 2 amide bonds. The number of carbonyl (C=O) groups is 2. The number of hydrogen-bond acceptors (Lipinski definition) is 5. The van der Waals surface area contributed by atoms with Crippen molar-refractivity contribution in [2.45, 2.75) is 32.1 Å². The van der Waals surface area contributed by atoms with Gasteiger partial charge in [-0.05, 0) is 12.8 Å². The average molecular weight is 297 g/mol. The van der Waals surface area contributed by atoms with Gasteiger partial charge in [-0.2, -0.15) is 0 Å². The highest BCUT2D eigenvalue weighted by molar-refractivity contribution is 7.13. The van der Waals surface area contributed by atoms with Crippen LogP contribution in [0.15, 0.2) is 5.38 Å². The Kier molecular flexibility index (Phi) is 5.34. The number of anilines is 1. The van der Waals surface area contributed by atoms with Crippen LogP contribution in [0.1, 0.15) is 31.4 Å². The molecule has 7 heteroatoms. The highest BCUT2D eigenvalue weighted by Gasteiger charge is 2.17. The summed E-state index contributed by atoms with van der Waals surface area (Å²) in [5, 5.41) is 4.74. The summed E-state index contributed by atoms with van der Waals surface area (Å²) in [5.41, 5.74) is 0.690. The second-order valence-electron chi connectivity index (χ2n) is 4.73. The summed E-state index contributed by atoms with van der Waals surface area (Å²) in [6, 6.07) is 0. The van der Waals surface area contributed by atoms with Gasteiger partial charge >= 0.3 is 6.09 Å². The molecule has 20 heavy (non-hydrogen) atoms. The van der Waals surface area contributed by atoms with Gasteiger partial charge in [0.1, 0.15) is 0 Å². The monoisotopic (exact) mass is 297 g/mol. The molecule has 1 N–H and O–H groups in total. The van der Waals surface area contributed by atoms with Crippen molar-refractivity contribution in [2.24, 2.45) is 0 Å². The number of hydrogen-bond donors (Lipinski definition) is 1. The molecule has 0 saturated carbocycles. The molecular formula is C13H19N3O3S. The number of ether oxygens (including phenoxy) is 1. The lowest BCUT2D eigenvalue weighted by atomic mass is 10.2. The number of rotatable bonds is 3. The van der Waals surface area contributed by atoms with Gasteiger partial charge in [0.2, 0.25) is 5.91 Å². The molecule has 0 aliphatic carbocycles. The largest absolute Gasteiger partial charge is 0.453 e. The van der Waals surface area contributed by atoms with Crippen molar-refractivity contribution in [1.29, 1.82) is 0 Å². The Morgan fingerprint density at radius 2 is 2.05 bits per heavy atom. The quantitative estimate of drug-likeness (QED) is 0.929. The third-order valence-electron chi connectivity index (χ3n) is 3.24. The number of amides is 2. The highest BCUT2D eigenvalue weighted by atomic mass is 32.1. The zero-order valence-corrected chi connectivity index (χ0v) is 12.4. The van der Waals surface area contributed by atoms with Gasteiger partial charge in [-0.25, -0.2) is 9.78 Å². The Morgan fingerprint density at radius 1 is 1.35 bits per heavy atom. The number of aromatic nitrogens is 1. The Bertz CT molecular complexity index is 467. The lowest BCUT2D eigenvalue weighted by Crippen LogP contribution is -2.33. The van der Waals surface area contributed by atoms with E-state index in [0.717, 1.165) is 25.9 Å². The second-order valence-corrected chi connectivity index (χ2v) is 5.59. The fourth-order valence-corrected chi connectivity index (χ4v) is 2.87. The van der Waals surface area contributed by atoms with Gasteiger partial charge in [-0.15, -0.1) is 11.3 Å². The molecular weight excluding hydrogens is 278 g/mol. The molecule has 1 aromatic heterocycles. The van der Waals surface area contributed by atoms with Crippen LogP contribution in [-0.2, 0) is 16.0 Å². The van der Waals surface area contributed by atoms with E-state index in [4.69, 9.17) is 0 Å². The van der Waals surface area contributed by atoms with Crippen LogP contribution in [0.2, 0.25) is 0 Å². The first kappa shape index (κ1) is 14.8. The Hall–Kier alpha value is -1.63. The zero-order chi connectivity index (χ0) is 14.4. The third-order valence-corrected chi connectivity index (χ3v) is 4.04. The second kappa shape index (κ2) is 7.23. The molecule has 110 valence electrons. The smallest absolute Gasteiger partial charge is 0.413 e. The summed E-state index contributed by atoms with van der Waals surface area (Å²) in [7, 11) is 1.30. The topological polar surface area (TPSA) is 71.5 Å². The van der Waals surface area contributed by atoms with Crippen LogP contribution in [0.25, 0.3) is 0 Å². The zero-order valence-electron chi connectivity index (χ0n) is 11.6. The van der Waals surface area contributed by atoms with E-state index in [1.54, 1.807) is 5.38 Å². The standard InChI is InChI=1S/C13H19N3O3S/c1-19-13(18)15-12-14-10(9-20-12)8-11(17)16-6-4-2-3-5-7-16/h9H,2-8H2,1H3,(H,14,15,18). The summed E-state index contributed by atoms with van der Waals surface area (Å²) >= 11 is 1.29. The number of thiazole rings is 1. The van der Waals surface area contributed by atoms with E-state index in [1.807, 2.05) is 4.90 Å². The molecule has 6 nitrogen and oxygen atoms in total. The molecule has 1 aliphatic heterocycles. The van der Waals surface area contributed by atoms with Crippen molar-refractivity contribution < 1.29 is 14.3 Å².